The second kappa shape index (κ2) is 7.92. The molecule has 2 atom stereocenters. The maximum absolute atomic E-state index is 5.71. The van der Waals surface area contributed by atoms with Crippen molar-refractivity contribution in [2.24, 2.45) is 5.92 Å². The number of unbranched alkanes of at least 4 members (excludes halogenated alkanes) is 6. The van der Waals surface area contributed by atoms with Gasteiger partial charge in [0.15, 0.2) is 0 Å². The lowest BCUT2D eigenvalue weighted by Crippen LogP contribution is -1.98. The topological polar surface area (TPSA) is 9.23 Å². The molecule has 2 unspecified atom stereocenters. The molecule has 1 aliphatic rings. The Bertz CT molecular complexity index is 165. The molecule has 0 N–H and O–H groups in total. The molecule has 0 aromatic heterocycles. The normalized spacial score (nSPS) is 24.1. The Labute approximate surface area is 94.9 Å². The van der Waals surface area contributed by atoms with Gasteiger partial charge >= 0.3 is 0 Å². The van der Waals surface area contributed by atoms with E-state index in [4.69, 9.17) is 4.74 Å². The van der Waals surface area contributed by atoms with E-state index >= 15 is 0 Å². The Kier molecular flexibility index (Phi) is 6.74. The van der Waals surface area contributed by atoms with Crippen LogP contribution in [0.4, 0.5) is 0 Å². The summed E-state index contributed by atoms with van der Waals surface area (Å²) in [6.07, 6.45) is 13.3. The average molecular weight is 210 g/mol. The van der Waals surface area contributed by atoms with Gasteiger partial charge in [-0.25, -0.2) is 0 Å². The minimum atomic E-state index is 0.516. The van der Waals surface area contributed by atoms with Crippen LogP contribution in [0.3, 0.4) is 0 Å². The molecule has 0 radical (unpaired) electrons. The molecule has 0 spiro atoms. The average Bonchev–Trinajstić information content (AvgIpc) is 3.01. The maximum Gasteiger partial charge on any atom is 0.0645 e. The fourth-order valence-electron chi connectivity index (χ4n) is 1.92. The summed E-state index contributed by atoms with van der Waals surface area (Å²) in [7, 11) is 0. The van der Waals surface area contributed by atoms with Crippen LogP contribution in [-0.4, -0.2) is 12.7 Å². The molecule has 0 aromatic rings. The van der Waals surface area contributed by atoms with Gasteiger partial charge in [-0.1, -0.05) is 51.5 Å². The number of rotatable bonds is 10. The van der Waals surface area contributed by atoms with Crippen LogP contribution in [0.1, 0.15) is 58.3 Å². The van der Waals surface area contributed by atoms with Crippen LogP contribution in [0.5, 0.6) is 0 Å². The lowest BCUT2D eigenvalue weighted by molar-refractivity contribution is 0.109. The van der Waals surface area contributed by atoms with Gasteiger partial charge in [0.05, 0.1) is 6.10 Å². The smallest absolute Gasteiger partial charge is 0.0645 e. The quantitative estimate of drug-likeness (QED) is 0.385. The van der Waals surface area contributed by atoms with Gasteiger partial charge in [-0.15, -0.1) is 6.58 Å². The van der Waals surface area contributed by atoms with Crippen LogP contribution in [-0.2, 0) is 4.74 Å². The van der Waals surface area contributed by atoms with Crippen molar-refractivity contribution in [3.8, 4) is 0 Å². The van der Waals surface area contributed by atoms with Gasteiger partial charge in [0, 0.05) is 12.5 Å². The van der Waals surface area contributed by atoms with Crippen LogP contribution < -0.4 is 0 Å². The monoisotopic (exact) mass is 210 g/mol. The van der Waals surface area contributed by atoms with E-state index in [0.717, 1.165) is 6.61 Å². The first-order chi connectivity index (χ1) is 7.38. The molecule has 0 aromatic carbocycles. The van der Waals surface area contributed by atoms with Crippen LogP contribution in [0.15, 0.2) is 12.7 Å². The van der Waals surface area contributed by atoms with Gasteiger partial charge < -0.3 is 4.74 Å². The second-order valence-corrected chi connectivity index (χ2v) is 4.67. The molecule has 1 aliphatic carbocycles. The molecule has 0 heterocycles. The Morgan fingerprint density at radius 1 is 1.13 bits per heavy atom. The van der Waals surface area contributed by atoms with Gasteiger partial charge in [0.2, 0.25) is 0 Å². The fraction of sp³-hybridized carbons (Fsp3) is 0.857. The van der Waals surface area contributed by atoms with Crippen molar-refractivity contribution in [2.45, 2.75) is 64.4 Å². The molecule has 88 valence electrons. The van der Waals surface area contributed by atoms with E-state index in [0.29, 0.717) is 12.0 Å². The SMILES string of the molecule is C=CC1CC1OCCCCCCCCC. The van der Waals surface area contributed by atoms with Crippen LogP contribution >= 0.6 is 0 Å². The molecule has 1 heteroatoms. The van der Waals surface area contributed by atoms with Crippen molar-refractivity contribution in [3.05, 3.63) is 12.7 Å². The van der Waals surface area contributed by atoms with Gasteiger partial charge in [-0.3, -0.25) is 0 Å². The van der Waals surface area contributed by atoms with Gasteiger partial charge in [0.1, 0.15) is 0 Å². The summed E-state index contributed by atoms with van der Waals surface area (Å²) in [6.45, 7) is 7.00. The minimum Gasteiger partial charge on any atom is -0.378 e. The summed E-state index contributed by atoms with van der Waals surface area (Å²) in [5.74, 6) is 0.662. The van der Waals surface area contributed by atoms with E-state index in [2.05, 4.69) is 13.5 Å². The highest BCUT2D eigenvalue weighted by Gasteiger charge is 2.34. The van der Waals surface area contributed by atoms with E-state index in [9.17, 15) is 0 Å². The third-order valence-corrected chi connectivity index (χ3v) is 3.16. The standard InChI is InChI=1S/C14H26O/c1-3-5-6-7-8-9-10-11-15-14-12-13(14)4-2/h4,13-14H,2-3,5-12H2,1H3. The summed E-state index contributed by atoms with van der Waals surface area (Å²) in [5, 5.41) is 0. The second-order valence-electron chi connectivity index (χ2n) is 4.67. The molecular formula is C14H26O. The van der Waals surface area contributed by atoms with E-state index in [1.807, 2.05) is 6.08 Å². The highest BCUT2D eigenvalue weighted by Crippen LogP contribution is 2.34. The lowest BCUT2D eigenvalue weighted by atomic mass is 10.1. The van der Waals surface area contributed by atoms with Crippen LogP contribution in [0, 0.1) is 5.92 Å². The Morgan fingerprint density at radius 2 is 1.80 bits per heavy atom. The molecule has 1 nitrogen and oxygen atoms in total. The van der Waals surface area contributed by atoms with Gasteiger partial charge in [-0.05, 0) is 12.8 Å². The first kappa shape index (κ1) is 12.8. The molecule has 0 saturated heterocycles. The zero-order valence-electron chi connectivity index (χ0n) is 10.2. The third-order valence-electron chi connectivity index (χ3n) is 3.16. The largest absolute Gasteiger partial charge is 0.378 e. The molecule has 0 amide bonds. The van der Waals surface area contributed by atoms with Crippen molar-refractivity contribution in [1.29, 1.82) is 0 Å². The van der Waals surface area contributed by atoms with Gasteiger partial charge in [0.25, 0.3) is 0 Å². The molecular weight excluding hydrogens is 184 g/mol. The molecule has 1 fully saturated rings. The lowest BCUT2D eigenvalue weighted by Gasteiger charge is -2.02. The summed E-state index contributed by atoms with van der Waals surface area (Å²) < 4.78 is 5.71. The van der Waals surface area contributed by atoms with E-state index in [1.54, 1.807) is 0 Å². The zero-order chi connectivity index (χ0) is 10.9. The summed E-state index contributed by atoms with van der Waals surface area (Å²) in [4.78, 5) is 0. The predicted octanol–water partition coefficient (Wildman–Crippen LogP) is 4.33. The van der Waals surface area contributed by atoms with Crippen molar-refractivity contribution in [3.63, 3.8) is 0 Å². The zero-order valence-corrected chi connectivity index (χ0v) is 10.2. The van der Waals surface area contributed by atoms with Crippen LogP contribution in [0.2, 0.25) is 0 Å². The first-order valence-electron chi connectivity index (χ1n) is 6.62. The molecule has 15 heavy (non-hydrogen) atoms. The van der Waals surface area contributed by atoms with Crippen LogP contribution in [0.25, 0.3) is 0 Å². The summed E-state index contributed by atoms with van der Waals surface area (Å²) in [6, 6.07) is 0. The molecule has 1 saturated carbocycles. The molecule has 0 aliphatic heterocycles. The molecule has 1 rings (SSSR count). The van der Waals surface area contributed by atoms with Crippen molar-refractivity contribution in [2.75, 3.05) is 6.61 Å². The van der Waals surface area contributed by atoms with Crippen molar-refractivity contribution in [1.82, 2.24) is 0 Å². The van der Waals surface area contributed by atoms with E-state index in [1.165, 1.54) is 51.4 Å². The first-order valence-corrected chi connectivity index (χ1v) is 6.62. The summed E-state index contributed by atoms with van der Waals surface area (Å²) >= 11 is 0. The maximum atomic E-state index is 5.71. The fourth-order valence-corrected chi connectivity index (χ4v) is 1.92. The van der Waals surface area contributed by atoms with Crippen molar-refractivity contribution >= 4 is 0 Å². The van der Waals surface area contributed by atoms with E-state index < -0.39 is 0 Å². The predicted molar refractivity (Wildman–Crippen MR) is 66.0 cm³/mol. The molecule has 0 bridgehead atoms. The van der Waals surface area contributed by atoms with E-state index in [-0.39, 0.29) is 0 Å². The third kappa shape index (κ3) is 5.99. The Hall–Kier alpha value is -0.300. The van der Waals surface area contributed by atoms with Gasteiger partial charge in [-0.2, -0.15) is 0 Å². The number of hydrogen-bond donors (Lipinski definition) is 0. The number of hydrogen-bond acceptors (Lipinski definition) is 1. The highest BCUT2D eigenvalue weighted by atomic mass is 16.5. The van der Waals surface area contributed by atoms with Crippen molar-refractivity contribution < 1.29 is 4.74 Å². The Morgan fingerprint density at radius 3 is 2.40 bits per heavy atom. The Balaban J connectivity index is 1.72. The number of ether oxygens (including phenoxy) is 1. The minimum absolute atomic E-state index is 0.516. The highest BCUT2D eigenvalue weighted by molar-refractivity contribution is 4.99. The summed E-state index contributed by atoms with van der Waals surface area (Å²) in [5.41, 5.74) is 0.